The van der Waals surface area contributed by atoms with Crippen LogP contribution in [-0.2, 0) is 0 Å². The smallest absolute Gasteiger partial charge is 0.181 e. The van der Waals surface area contributed by atoms with Crippen molar-refractivity contribution in [3.05, 3.63) is 40.6 Å². The molecule has 0 aromatic heterocycles. The van der Waals surface area contributed by atoms with Gasteiger partial charge in [0.1, 0.15) is 7.05 Å². The van der Waals surface area contributed by atoms with Crippen molar-refractivity contribution in [1.82, 2.24) is 0 Å². The highest BCUT2D eigenvalue weighted by atomic mass is 16.5. The summed E-state index contributed by atoms with van der Waals surface area (Å²) < 4.78 is 0.810. The van der Waals surface area contributed by atoms with Crippen LogP contribution < -0.4 is 0 Å². The maximum Gasteiger partial charge on any atom is 0.181 e. The molecule has 0 aliphatic carbocycles. The van der Waals surface area contributed by atoms with Gasteiger partial charge in [0.25, 0.3) is 0 Å². The molecule has 0 atom stereocenters. The van der Waals surface area contributed by atoms with E-state index in [9.17, 15) is 5.21 Å². The monoisotopic (exact) mass is 177 g/mol. The maximum atomic E-state index is 10.7. The Morgan fingerprint density at radius 1 is 1.23 bits per heavy atom. The molecule has 2 heteroatoms. The second-order valence-corrected chi connectivity index (χ2v) is 3.50. The number of hydrogen-bond acceptors (Lipinski definition) is 1. The zero-order valence-electron chi connectivity index (χ0n) is 8.32. The summed E-state index contributed by atoms with van der Waals surface area (Å²) in [6, 6.07) is 8.04. The van der Waals surface area contributed by atoms with Gasteiger partial charge < -0.3 is 5.21 Å². The van der Waals surface area contributed by atoms with E-state index in [1.165, 1.54) is 12.6 Å². The third kappa shape index (κ3) is 2.90. The SMILES string of the molecule is CC(C)c1ccc(C=[N+](C)[O-])cc1. The Morgan fingerprint density at radius 2 is 1.77 bits per heavy atom. The molecular formula is C11H15NO. The van der Waals surface area contributed by atoms with Crippen molar-refractivity contribution in [3.8, 4) is 0 Å². The fourth-order valence-electron chi connectivity index (χ4n) is 1.18. The third-order valence-electron chi connectivity index (χ3n) is 1.93. The van der Waals surface area contributed by atoms with Crippen LogP contribution in [0.15, 0.2) is 24.3 Å². The van der Waals surface area contributed by atoms with Gasteiger partial charge in [-0.05, 0) is 23.6 Å². The summed E-state index contributed by atoms with van der Waals surface area (Å²) in [5, 5.41) is 10.7. The zero-order chi connectivity index (χ0) is 9.84. The molecule has 0 amide bonds. The van der Waals surface area contributed by atoms with Crippen LogP contribution in [0.25, 0.3) is 0 Å². The van der Waals surface area contributed by atoms with Gasteiger partial charge >= 0.3 is 0 Å². The molecule has 0 spiro atoms. The minimum atomic E-state index is 0.541. The molecule has 0 heterocycles. The molecule has 0 aliphatic heterocycles. The molecule has 0 radical (unpaired) electrons. The average molecular weight is 177 g/mol. The fraction of sp³-hybridized carbons (Fsp3) is 0.364. The molecule has 0 unspecified atom stereocenters. The molecule has 1 aromatic carbocycles. The van der Waals surface area contributed by atoms with Crippen molar-refractivity contribution in [3.63, 3.8) is 0 Å². The second kappa shape index (κ2) is 4.08. The highest BCUT2D eigenvalue weighted by Crippen LogP contribution is 2.13. The molecule has 0 saturated heterocycles. The Labute approximate surface area is 79.1 Å². The summed E-state index contributed by atoms with van der Waals surface area (Å²) in [5.74, 6) is 0.541. The Kier molecular flexibility index (Phi) is 3.07. The van der Waals surface area contributed by atoms with Gasteiger partial charge in [-0.15, -0.1) is 0 Å². The highest BCUT2D eigenvalue weighted by Gasteiger charge is 1.98. The predicted octanol–water partition coefficient (Wildman–Crippen LogP) is 2.37. The molecule has 0 saturated carbocycles. The van der Waals surface area contributed by atoms with Crippen molar-refractivity contribution in [2.24, 2.45) is 0 Å². The number of benzene rings is 1. The van der Waals surface area contributed by atoms with Crippen molar-refractivity contribution < 1.29 is 4.74 Å². The van der Waals surface area contributed by atoms with Crippen molar-refractivity contribution in [1.29, 1.82) is 0 Å². The highest BCUT2D eigenvalue weighted by molar-refractivity contribution is 5.75. The quantitative estimate of drug-likeness (QED) is 0.295. The Hall–Kier alpha value is -1.31. The average Bonchev–Trinajstić information content (AvgIpc) is 2.04. The van der Waals surface area contributed by atoms with Gasteiger partial charge in [0.2, 0.25) is 0 Å². The van der Waals surface area contributed by atoms with Crippen LogP contribution in [0, 0.1) is 5.21 Å². The topological polar surface area (TPSA) is 26.1 Å². The van der Waals surface area contributed by atoms with Gasteiger partial charge in [-0.25, -0.2) is 4.74 Å². The molecule has 13 heavy (non-hydrogen) atoms. The molecule has 2 nitrogen and oxygen atoms in total. The van der Waals surface area contributed by atoms with Crippen molar-refractivity contribution in [2.45, 2.75) is 19.8 Å². The number of hydrogen-bond donors (Lipinski definition) is 0. The van der Waals surface area contributed by atoms with Crippen LogP contribution in [0.3, 0.4) is 0 Å². The number of nitrogens with zero attached hydrogens (tertiary/aromatic N) is 1. The van der Waals surface area contributed by atoms with E-state index < -0.39 is 0 Å². The second-order valence-electron chi connectivity index (χ2n) is 3.50. The largest absolute Gasteiger partial charge is 0.624 e. The van der Waals surface area contributed by atoms with Crippen LogP contribution in [-0.4, -0.2) is 18.0 Å². The normalized spacial score (nSPS) is 12.2. The fourth-order valence-corrected chi connectivity index (χ4v) is 1.18. The first-order chi connectivity index (χ1) is 6.09. The van der Waals surface area contributed by atoms with Crippen LogP contribution in [0.2, 0.25) is 0 Å². The Bertz CT molecular complexity index is 294. The molecule has 1 rings (SSSR count). The lowest BCUT2D eigenvalue weighted by Crippen LogP contribution is -1.97. The van der Waals surface area contributed by atoms with Gasteiger partial charge in [0.15, 0.2) is 6.21 Å². The lowest BCUT2D eigenvalue weighted by Gasteiger charge is -2.04. The summed E-state index contributed by atoms with van der Waals surface area (Å²) >= 11 is 0. The molecule has 0 fully saturated rings. The van der Waals surface area contributed by atoms with E-state index in [1.807, 2.05) is 12.1 Å². The Morgan fingerprint density at radius 3 is 2.15 bits per heavy atom. The molecule has 70 valence electrons. The summed E-state index contributed by atoms with van der Waals surface area (Å²) in [6.45, 7) is 4.30. The molecular weight excluding hydrogens is 162 g/mol. The van der Waals surface area contributed by atoms with Gasteiger partial charge in [-0.3, -0.25) is 0 Å². The van der Waals surface area contributed by atoms with E-state index in [1.54, 1.807) is 6.21 Å². The van der Waals surface area contributed by atoms with E-state index in [-0.39, 0.29) is 0 Å². The van der Waals surface area contributed by atoms with E-state index in [2.05, 4.69) is 26.0 Å². The van der Waals surface area contributed by atoms with E-state index in [0.717, 1.165) is 10.3 Å². The number of hydroxylamine groups is 1. The Balaban J connectivity index is 2.88. The standard InChI is InChI=1S/C11H15NO/c1-9(2)11-6-4-10(5-7-11)8-12(3)13/h4-9H,1-3H3. The molecule has 0 N–H and O–H groups in total. The van der Waals surface area contributed by atoms with Gasteiger partial charge in [-0.2, -0.15) is 0 Å². The summed E-state index contributed by atoms with van der Waals surface area (Å²) in [4.78, 5) is 0. The van der Waals surface area contributed by atoms with E-state index >= 15 is 0 Å². The third-order valence-corrected chi connectivity index (χ3v) is 1.93. The van der Waals surface area contributed by atoms with E-state index in [0.29, 0.717) is 5.92 Å². The minimum absolute atomic E-state index is 0.541. The van der Waals surface area contributed by atoms with Crippen LogP contribution >= 0.6 is 0 Å². The van der Waals surface area contributed by atoms with Crippen molar-refractivity contribution in [2.75, 3.05) is 7.05 Å². The zero-order valence-corrected chi connectivity index (χ0v) is 8.32. The van der Waals surface area contributed by atoms with Crippen LogP contribution in [0.4, 0.5) is 0 Å². The predicted molar refractivity (Wildman–Crippen MR) is 55.2 cm³/mol. The minimum Gasteiger partial charge on any atom is -0.624 e. The summed E-state index contributed by atoms with van der Waals surface area (Å²) in [6.07, 6.45) is 1.56. The van der Waals surface area contributed by atoms with Crippen LogP contribution in [0.5, 0.6) is 0 Å². The van der Waals surface area contributed by atoms with Gasteiger partial charge in [0, 0.05) is 5.56 Å². The lowest BCUT2D eigenvalue weighted by atomic mass is 10.0. The lowest BCUT2D eigenvalue weighted by molar-refractivity contribution is -0.416. The maximum absolute atomic E-state index is 10.7. The molecule has 0 aliphatic rings. The molecule has 0 bridgehead atoms. The summed E-state index contributed by atoms with van der Waals surface area (Å²) in [5.41, 5.74) is 2.24. The van der Waals surface area contributed by atoms with Gasteiger partial charge in [-0.1, -0.05) is 26.0 Å². The first kappa shape index (κ1) is 9.78. The first-order valence-electron chi connectivity index (χ1n) is 4.44. The van der Waals surface area contributed by atoms with Crippen LogP contribution in [0.1, 0.15) is 30.9 Å². The van der Waals surface area contributed by atoms with Crippen molar-refractivity contribution >= 4 is 6.21 Å². The molecule has 1 aromatic rings. The van der Waals surface area contributed by atoms with Gasteiger partial charge in [0.05, 0.1) is 0 Å². The summed E-state index contributed by atoms with van der Waals surface area (Å²) in [7, 11) is 1.48. The van der Waals surface area contributed by atoms with E-state index in [4.69, 9.17) is 0 Å². The number of rotatable bonds is 2. The first-order valence-corrected chi connectivity index (χ1v) is 4.44.